The van der Waals surface area contributed by atoms with Crippen molar-refractivity contribution in [2.24, 2.45) is 7.05 Å². The van der Waals surface area contributed by atoms with Crippen LogP contribution in [-0.2, 0) is 13.6 Å². The van der Waals surface area contributed by atoms with E-state index in [1.54, 1.807) is 0 Å². The van der Waals surface area contributed by atoms with E-state index in [1.807, 2.05) is 37.1 Å². The van der Waals surface area contributed by atoms with Crippen LogP contribution in [0.1, 0.15) is 35.5 Å². The maximum absolute atomic E-state index is 4.30. The van der Waals surface area contributed by atoms with Gasteiger partial charge >= 0.3 is 0 Å². The average Bonchev–Trinajstić information content (AvgIpc) is 2.69. The Balaban J connectivity index is 1.98. The molecule has 0 aliphatic rings. The summed E-state index contributed by atoms with van der Waals surface area (Å²) >= 11 is 0. The molecule has 0 bridgehead atoms. The molecule has 96 valence electrons. The van der Waals surface area contributed by atoms with Gasteiger partial charge < -0.3 is 5.32 Å². The highest BCUT2D eigenvalue weighted by Crippen LogP contribution is 2.16. The molecule has 0 fully saturated rings. The van der Waals surface area contributed by atoms with Crippen LogP contribution in [0.5, 0.6) is 0 Å². The van der Waals surface area contributed by atoms with Gasteiger partial charge in [0.15, 0.2) is 0 Å². The molecule has 0 amide bonds. The molecule has 2 aromatic heterocycles. The van der Waals surface area contributed by atoms with E-state index >= 15 is 0 Å². The summed E-state index contributed by atoms with van der Waals surface area (Å²) in [7, 11) is 1.97. The fraction of sp³-hybridized carbons (Fsp3) is 0.429. The predicted molar refractivity (Wildman–Crippen MR) is 72.2 cm³/mol. The molecule has 1 unspecified atom stereocenters. The second kappa shape index (κ2) is 5.31. The lowest BCUT2D eigenvalue weighted by atomic mass is 10.1. The largest absolute Gasteiger partial charge is 0.306 e. The van der Waals surface area contributed by atoms with Gasteiger partial charge in [-0.1, -0.05) is 6.07 Å². The van der Waals surface area contributed by atoms with Crippen molar-refractivity contribution in [1.82, 2.24) is 20.1 Å². The number of nitrogens with zero attached hydrogens (tertiary/aromatic N) is 3. The summed E-state index contributed by atoms with van der Waals surface area (Å²) in [5.41, 5.74) is 4.71. The molecule has 0 radical (unpaired) electrons. The van der Waals surface area contributed by atoms with E-state index in [0.29, 0.717) is 6.04 Å². The van der Waals surface area contributed by atoms with Crippen LogP contribution in [0.25, 0.3) is 0 Å². The molecule has 2 rings (SSSR count). The number of aryl methyl sites for hydroxylation is 2. The van der Waals surface area contributed by atoms with Crippen molar-refractivity contribution in [2.45, 2.75) is 33.4 Å². The molecule has 0 aromatic carbocycles. The zero-order valence-electron chi connectivity index (χ0n) is 11.4. The molecule has 0 saturated heterocycles. The molecule has 0 aliphatic heterocycles. The lowest BCUT2D eigenvalue weighted by Gasteiger charge is -2.13. The van der Waals surface area contributed by atoms with Gasteiger partial charge in [-0.3, -0.25) is 9.67 Å². The minimum Gasteiger partial charge on any atom is -0.306 e. The molecule has 18 heavy (non-hydrogen) atoms. The molecule has 0 spiro atoms. The summed E-state index contributed by atoms with van der Waals surface area (Å²) in [5, 5.41) is 7.76. The highest BCUT2D eigenvalue weighted by molar-refractivity contribution is 5.20. The van der Waals surface area contributed by atoms with Gasteiger partial charge in [0.2, 0.25) is 0 Å². The molecule has 4 nitrogen and oxygen atoms in total. The first-order valence-electron chi connectivity index (χ1n) is 6.21. The number of hydrogen-bond donors (Lipinski definition) is 1. The third-order valence-corrected chi connectivity index (χ3v) is 3.32. The van der Waals surface area contributed by atoms with Crippen LogP contribution >= 0.6 is 0 Å². The van der Waals surface area contributed by atoms with Crippen molar-refractivity contribution in [2.75, 3.05) is 0 Å². The Morgan fingerprint density at radius 3 is 2.61 bits per heavy atom. The van der Waals surface area contributed by atoms with Gasteiger partial charge in [-0.15, -0.1) is 0 Å². The minimum atomic E-state index is 0.292. The number of hydrogen-bond acceptors (Lipinski definition) is 3. The molecular weight excluding hydrogens is 224 g/mol. The topological polar surface area (TPSA) is 42.7 Å². The van der Waals surface area contributed by atoms with E-state index in [4.69, 9.17) is 0 Å². The average molecular weight is 244 g/mol. The van der Waals surface area contributed by atoms with E-state index in [-0.39, 0.29) is 0 Å². The molecule has 0 aliphatic carbocycles. The molecule has 2 heterocycles. The van der Waals surface area contributed by atoms with E-state index in [9.17, 15) is 0 Å². The Morgan fingerprint density at radius 2 is 2.06 bits per heavy atom. The first kappa shape index (κ1) is 12.8. The van der Waals surface area contributed by atoms with Crippen LogP contribution in [0, 0.1) is 13.8 Å². The van der Waals surface area contributed by atoms with Crippen molar-refractivity contribution in [3.05, 3.63) is 47.0 Å². The Morgan fingerprint density at radius 1 is 1.28 bits per heavy atom. The monoisotopic (exact) mass is 244 g/mol. The van der Waals surface area contributed by atoms with E-state index in [2.05, 4.69) is 35.3 Å². The van der Waals surface area contributed by atoms with Crippen LogP contribution < -0.4 is 5.32 Å². The predicted octanol–water partition coefficient (Wildman–Crippen LogP) is 2.28. The molecule has 1 atom stereocenters. The Kier molecular flexibility index (Phi) is 3.77. The first-order chi connectivity index (χ1) is 8.58. The van der Waals surface area contributed by atoms with Gasteiger partial charge in [0.1, 0.15) is 0 Å². The van der Waals surface area contributed by atoms with Crippen molar-refractivity contribution in [3.8, 4) is 0 Å². The normalized spacial score (nSPS) is 12.7. The summed E-state index contributed by atoms with van der Waals surface area (Å²) in [6.45, 7) is 7.07. The smallest absolute Gasteiger partial charge is 0.0540 e. The first-order valence-corrected chi connectivity index (χ1v) is 6.21. The van der Waals surface area contributed by atoms with Crippen molar-refractivity contribution in [1.29, 1.82) is 0 Å². The van der Waals surface area contributed by atoms with Crippen molar-refractivity contribution in [3.63, 3.8) is 0 Å². The maximum atomic E-state index is 4.30. The van der Waals surface area contributed by atoms with Gasteiger partial charge in [-0.2, -0.15) is 5.10 Å². The maximum Gasteiger partial charge on any atom is 0.0540 e. The standard InChI is InChI=1S/C14H20N4/c1-10-5-6-13(7-15-10)8-16-11(2)14-9-17-18(4)12(14)3/h5-7,9,11,16H,8H2,1-4H3. The van der Waals surface area contributed by atoms with Crippen LogP contribution in [0.15, 0.2) is 24.5 Å². The van der Waals surface area contributed by atoms with Crippen LogP contribution in [0.2, 0.25) is 0 Å². The highest BCUT2D eigenvalue weighted by atomic mass is 15.3. The lowest BCUT2D eigenvalue weighted by molar-refractivity contribution is 0.569. The van der Waals surface area contributed by atoms with E-state index in [0.717, 1.165) is 12.2 Å². The minimum absolute atomic E-state index is 0.292. The third kappa shape index (κ3) is 2.76. The SMILES string of the molecule is Cc1ccc(CNC(C)c2cnn(C)c2C)cn1. The zero-order chi connectivity index (χ0) is 13.1. The Hall–Kier alpha value is -1.68. The van der Waals surface area contributed by atoms with Crippen LogP contribution in [0.4, 0.5) is 0 Å². The fourth-order valence-electron chi connectivity index (χ4n) is 1.92. The summed E-state index contributed by atoms with van der Waals surface area (Å²) in [6.07, 6.45) is 3.85. The fourth-order valence-corrected chi connectivity index (χ4v) is 1.92. The number of nitrogens with one attached hydrogen (secondary N) is 1. The van der Waals surface area contributed by atoms with E-state index in [1.165, 1.54) is 16.8 Å². The molecule has 2 aromatic rings. The molecule has 0 saturated carbocycles. The molecule has 1 N–H and O–H groups in total. The summed E-state index contributed by atoms with van der Waals surface area (Å²) in [5.74, 6) is 0. The van der Waals surface area contributed by atoms with Crippen LogP contribution in [0.3, 0.4) is 0 Å². The summed E-state index contributed by atoms with van der Waals surface area (Å²) in [6, 6.07) is 4.44. The lowest BCUT2D eigenvalue weighted by Crippen LogP contribution is -2.18. The second-order valence-corrected chi connectivity index (χ2v) is 4.72. The van der Waals surface area contributed by atoms with Gasteiger partial charge in [0.25, 0.3) is 0 Å². The van der Waals surface area contributed by atoms with Gasteiger partial charge in [-0.05, 0) is 32.4 Å². The van der Waals surface area contributed by atoms with Crippen LogP contribution in [-0.4, -0.2) is 14.8 Å². The van der Waals surface area contributed by atoms with Gasteiger partial charge in [0, 0.05) is 42.8 Å². The number of aromatic nitrogens is 3. The second-order valence-electron chi connectivity index (χ2n) is 4.72. The molecular formula is C14H20N4. The van der Waals surface area contributed by atoms with Crippen molar-refractivity contribution >= 4 is 0 Å². The Bertz CT molecular complexity index is 513. The Labute approximate surface area is 108 Å². The van der Waals surface area contributed by atoms with Gasteiger partial charge in [-0.25, -0.2) is 0 Å². The highest BCUT2D eigenvalue weighted by Gasteiger charge is 2.11. The zero-order valence-corrected chi connectivity index (χ0v) is 11.4. The quantitative estimate of drug-likeness (QED) is 0.897. The molecule has 4 heteroatoms. The van der Waals surface area contributed by atoms with Crippen molar-refractivity contribution < 1.29 is 0 Å². The third-order valence-electron chi connectivity index (χ3n) is 3.32. The summed E-state index contributed by atoms with van der Waals surface area (Å²) in [4.78, 5) is 4.30. The summed E-state index contributed by atoms with van der Waals surface area (Å²) < 4.78 is 1.90. The van der Waals surface area contributed by atoms with E-state index < -0.39 is 0 Å². The number of pyridine rings is 1. The van der Waals surface area contributed by atoms with Gasteiger partial charge in [0.05, 0.1) is 6.20 Å². The number of rotatable bonds is 4.